The van der Waals surface area contributed by atoms with Crippen LogP contribution >= 0.6 is 23.4 Å². The van der Waals surface area contributed by atoms with Crippen LogP contribution in [0.4, 0.5) is 5.69 Å². The fourth-order valence-electron chi connectivity index (χ4n) is 2.44. The molecule has 4 nitrogen and oxygen atoms in total. The summed E-state index contributed by atoms with van der Waals surface area (Å²) in [6.45, 7) is 3.68. The molecule has 0 spiro atoms. The molecular formula is C20H22ClNO3S. The number of aryl methyl sites for hydroxylation is 2. The number of hydrogen-bond donors (Lipinski definition) is 1. The summed E-state index contributed by atoms with van der Waals surface area (Å²) in [4.78, 5) is 23.9. The largest absolute Gasteiger partial charge is 0.455 e. The number of rotatable bonds is 8. The first-order chi connectivity index (χ1) is 12.5. The molecule has 0 saturated carbocycles. The van der Waals surface area contributed by atoms with Crippen molar-refractivity contribution in [3.05, 3.63) is 64.2 Å². The van der Waals surface area contributed by atoms with Gasteiger partial charge in [-0.25, -0.2) is 0 Å². The fraction of sp³-hybridized carbons (Fsp3) is 0.300. The predicted molar refractivity (Wildman–Crippen MR) is 108 cm³/mol. The van der Waals surface area contributed by atoms with Gasteiger partial charge in [0.05, 0.1) is 5.75 Å². The molecule has 0 bridgehead atoms. The SMILES string of the molecule is CCc1cccc(C)c1NC(=O)COC(=O)CSCc1cccc(Cl)c1. The van der Waals surface area contributed by atoms with E-state index in [9.17, 15) is 9.59 Å². The normalized spacial score (nSPS) is 10.4. The molecule has 26 heavy (non-hydrogen) atoms. The van der Waals surface area contributed by atoms with E-state index in [0.717, 1.165) is 28.8 Å². The van der Waals surface area contributed by atoms with Gasteiger partial charge in [0.2, 0.25) is 0 Å². The lowest BCUT2D eigenvalue weighted by Crippen LogP contribution is -2.22. The van der Waals surface area contributed by atoms with Crippen molar-refractivity contribution in [2.75, 3.05) is 17.7 Å². The minimum Gasteiger partial charge on any atom is -0.455 e. The quantitative estimate of drug-likeness (QED) is 0.667. The van der Waals surface area contributed by atoms with Gasteiger partial charge in [0.15, 0.2) is 6.61 Å². The Bertz CT molecular complexity index is 779. The molecule has 2 aromatic carbocycles. The molecule has 6 heteroatoms. The number of para-hydroxylation sites is 1. The number of amides is 1. The molecule has 0 aliphatic carbocycles. The van der Waals surface area contributed by atoms with Gasteiger partial charge in [0.1, 0.15) is 0 Å². The predicted octanol–water partition coefficient (Wildman–Crippen LogP) is 4.63. The fourth-order valence-corrected chi connectivity index (χ4v) is 3.42. The Hall–Kier alpha value is -1.98. The van der Waals surface area contributed by atoms with Crippen LogP contribution in [0.5, 0.6) is 0 Å². The monoisotopic (exact) mass is 391 g/mol. The number of nitrogens with one attached hydrogen (secondary N) is 1. The molecule has 2 aromatic rings. The molecule has 138 valence electrons. The van der Waals surface area contributed by atoms with Gasteiger partial charge in [-0.15, -0.1) is 11.8 Å². The Labute approximate surface area is 163 Å². The summed E-state index contributed by atoms with van der Waals surface area (Å²) < 4.78 is 5.05. The van der Waals surface area contributed by atoms with Crippen molar-refractivity contribution < 1.29 is 14.3 Å². The van der Waals surface area contributed by atoms with E-state index in [1.807, 2.05) is 50.2 Å². The first-order valence-corrected chi connectivity index (χ1v) is 9.89. The van der Waals surface area contributed by atoms with Crippen LogP contribution in [0.1, 0.15) is 23.6 Å². The standard InChI is InChI=1S/C20H22ClNO3S/c1-3-16-8-4-6-14(2)20(16)22-18(23)11-25-19(24)13-26-12-15-7-5-9-17(21)10-15/h4-10H,3,11-13H2,1-2H3,(H,22,23). The maximum atomic E-state index is 12.1. The lowest BCUT2D eigenvalue weighted by molar-refractivity contribution is -0.144. The molecule has 0 aromatic heterocycles. The van der Waals surface area contributed by atoms with E-state index in [2.05, 4.69) is 5.32 Å². The number of carbonyl (C=O) groups is 2. The third kappa shape index (κ3) is 6.39. The van der Waals surface area contributed by atoms with Crippen LogP contribution in [0, 0.1) is 6.92 Å². The molecule has 0 unspecified atom stereocenters. The number of halogens is 1. The van der Waals surface area contributed by atoms with Crippen LogP contribution in [-0.2, 0) is 26.5 Å². The highest BCUT2D eigenvalue weighted by Crippen LogP contribution is 2.21. The maximum Gasteiger partial charge on any atom is 0.316 e. The molecule has 0 saturated heterocycles. The van der Waals surface area contributed by atoms with Gasteiger partial charge < -0.3 is 10.1 Å². The molecule has 0 aliphatic heterocycles. The molecule has 0 fully saturated rings. The zero-order valence-corrected chi connectivity index (χ0v) is 16.5. The minimum atomic E-state index is -0.410. The third-order valence-electron chi connectivity index (χ3n) is 3.75. The second-order valence-corrected chi connectivity index (χ2v) is 7.22. The van der Waals surface area contributed by atoms with Gasteiger partial charge in [0, 0.05) is 16.5 Å². The van der Waals surface area contributed by atoms with Crippen molar-refractivity contribution in [1.82, 2.24) is 0 Å². The van der Waals surface area contributed by atoms with Crippen molar-refractivity contribution >= 4 is 40.9 Å². The van der Waals surface area contributed by atoms with Gasteiger partial charge >= 0.3 is 5.97 Å². The van der Waals surface area contributed by atoms with Crippen molar-refractivity contribution in [3.63, 3.8) is 0 Å². The molecule has 1 amide bonds. The summed E-state index contributed by atoms with van der Waals surface area (Å²) in [7, 11) is 0. The van der Waals surface area contributed by atoms with Gasteiger partial charge in [-0.1, -0.05) is 48.9 Å². The first-order valence-electron chi connectivity index (χ1n) is 8.35. The Morgan fingerprint density at radius 2 is 1.96 bits per heavy atom. The van der Waals surface area contributed by atoms with Crippen molar-refractivity contribution in [3.8, 4) is 0 Å². The van der Waals surface area contributed by atoms with E-state index in [-0.39, 0.29) is 18.3 Å². The third-order valence-corrected chi connectivity index (χ3v) is 4.96. The van der Waals surface area contributed by atoms with Gasteiger partial charge in [-0.2, -0.15) is 0 Å². The van der Waals surface area contributed by atoms with Gasteiger partial charge in [-0.3, -0.25) is 9.59 Å². The summed E-state index contributed by atoms with van der Waals surface area (Å²) in [6.07, 6.45) is 0.817. The summed E-state index contributed by atoms with van der Waals surface area (Å²) in [5.74, 6) is 0.102. The van der Waals surface area contributed by atoms with E-state index >= 15 is 0 Å². The van der Waals surface area contributed by atoms with Crippen molar-refractivity contribution in [2.24, 2.45) is 0 Å². The first kappa shape index (κ1) is 20.3. The number of thioether (sulfide) groups is 1. The average molecular weight is 392 g/mol. The van der Waals surface area contributed by atoms with Crippen LogP contribution < -0.4 is 5.32 Å². The van der Waals surface area contributed by atoms with E-state index in [0.29, 0.717) is 10.8 Å². The van der Waals surface area contributed by atoms with Crippen LogP contribution in [-0.4, -0.2) is 24.2 Å². The number of carbonyl (C=O) groups excluding carboxylic acids is 2. The smallest absolute Gasteiger partial charge is 0.316 e. The summed E-state index contributed by atoms with van der Waals surface area (Å²) in [5.41, 5.74) is 3.88. The topological polar surface area (TPSA) is 55.4 Å². The van der Waals surface area contributed by atoms with E-state index in [1.54, 1.807) is 6.07 Å². The highest BCUT2D eigenvalue weighted by atomic mass is 35.5. The van der Waals surface area contributed by atoms with Crippen LogP contribution in [0.2, 0.25) is 5.02 Å². The van der Waals surface area contributed by atoms with E-state index in [1.165, 1.54) is 11.8 Å². The molecule has 0 atom stereocenters. The Balaban J connectivity index is 1.74. The van der Waals surface area contributed by atoms with Crippen LogP contribution in [0.3, 0.4) is 0 Å². The molecular weight excluding hydrogens is 370 g/mol. The summed E-state index contributed by atoms with van der Waals surface area (Å²) >= 11 is 7.35. The molecule has 0 heterocycles. The number of ether oxygens (including phenoxy) is 1. The van der Waals surface area contributed by atoms with Crippen molar-refractivity contribution in [1.29, 1.82) is 0 Å². The number of hydrogen-bond acceptors (Lipinski definition) is 4. The highest BCUT2D eigenvalue weighted by molar-refractivity contribution is 7.99. The average Bonchev–Trinajstić information content (AvgIpc) is 2.62. The second kappa shape index (κ2) is 10.2. The van der Waals surface area contributed by atoms with Crippen LogP contribution in [0.15, 0.2) is 42.5 Å². The van der Waals surface area contributed by atoms with Gasteiger partial charge in [0.25, 0.3) is 5.91 Å². The Morgan fingerprint density at radius 1 is 1.19 bits per heavy atom. The molecule has 0 radical (unpaired) electrons. The minimum absolute atomic E-state index is 0.185. The highest BCUT2D eigenvalue weighted by Gasteiger charge is 2.11. The molecule has 1 N–H and O–H groups in total. The van der Waals surface area contributed by atoms with Gasteiger partial charge in [-0.05, 0) is 42.2 Å². The lowest BCUT2D eigenvalue weighted by atomic mass is 10.1. The molecule has 0 aliphatic rings. The Morgan fingerprint density at radius 3 is 2.69 bits per heavy atom. The zero-order valence-electron chi connectivity index (χ0n) is 14.9. The van der Waals surface area contributed by atoms with E-state index < -0.39 is 5.97 Å². The zero-order chi connectivity index (χ0) is 18.9. The van der Waals surface area contributed by atoms with E-state index in [4.69, 9.17) is 16.3 Å². The summed E-state index contributed by atoms with van der Waals surface area (Å²) in [5, 5.41) is 3.51. The van der Waals surface area contributed by atoms with Crippen molar-refractivity contribution in [2.45, 2.75) is 26.0 Å². The molecule has 2 rings (SSSR count). The maximum absolute atomic E-state index is 12.1. The number of benzene rings is 2. The second-order valence-electron chi connectivity index (χ2n) is 5.79. The van der Waals surface area contributed by atoms with Crippen LogP contribution in [0.25, 0.3) is 0 Å². The number of anilines is 1. The Kier molecular flexibility index (Phi) is 8.01. The number of esters is 1. The lowest BCUT2D eigenvalue weighted by Gasteiger charge is -2.13. The summed E-state index contributed by atoms with van der Waals surface area (Å²) in [6, 6.07) is 13.4.